The molecule has 0 spiro atoms. The first-order valence-electron chi connectivity index (χ1n) is 8.70. The van der Waals surface area contributed by atoms with Crippen LogP contribution in [0.1, 0.15) is 31.0 Å². The molecule has 0 aliphatic heterocycles. The molecule has 3 N–H and O–H groups in total. The second kappa shape index (κ2) is 7.34. The first-order chi connectivity index (χ1) is 12.4. The highest BCUT2D eigenvalue weighted by molar-refractivity contribution is 7.85. The molecule has 1 heterocycles. The van der Waals surface area contributed by atoms with Gasteiger partial charge < -0.3 is 15.6 Å². The van der Waals surface area contributed by atoms with Crippen molar-refractivity contribution in [2.45, 2.75) is 19.9 Å². The zero-order valence-corrected chi connectivity index (χ0v) is 16.3. The lowest BCUT2D eigenvalue weighted by Gasteiger charge is -2.17. The number of fused-ring (bicyclic) bond motifs is 1. The van der Waals surface area contributed by atoms with E-state index in [1.54, 1.807) is 0 Å². The SMILES string of the molecule is C=C(S)/C(=C(\NC)c1ccc(N)cc1)c1cccc2c1ccn2C(C)C. The van der Waals surface area contributed by atoms with Crippen molar-refractivity contribution in [2.75, 3.05) is 12.8 Å². The Hall–Kier alpha value is -2.59. The molecule has 3 nitrogen and oxygen atoms in total. The molecule has 0 saturated heterocycles. The van der Waals surface area contributed by atoms with Crippen LogP contribution in [0.15, 0.2) is 66.2 Å². The molecular formula is C22H25N3S. The summed E-state index contributed by atoms with van der Waals surface area (Å²) in [5, 5.41) is 4.52. The highest BCUT2D eigenvalue weighted by Crippen LogP contribution is 2.36. The average molecular weight is 364 g/mol. The summed E-state index contributed by atoms with van der Waals surface area (Å²) in [6.07, 6.45) is 2.14. The topological polar surface area (TPSA) is 43.0 Å². The van der Waals surface area contributed by atoms with E-state index in [0.29, 0.717) is 6.04 Å². The van der Waals surface area contributed by atoms with E-state index >= 15 is 0 Å². The molecule has 0 unspecified atom stereocenters. The minimum absolute atomic E-state index is 0.398. The summed E-state index contributed by atoms with van der Waals surface area (Å²) < 4.78 is 2.28. The van der Waals surface area contributed by atoms with Crippen molar-refractivity contribution in [2.24, 2.45) is 0 Å². The minimum Gasteiger partial charge on any atom is -0.399 e. The molecule has 3 aromatic rings. The van der Waals surface area contributed by atoms with Crippen LogP contribution in [0.2, 0.25) is 0 Å². The molecule has 0 amide bonds. The predicted octanol–water partition coefficient (Wildman–Crippen LogP) is 5.34. The van der Waals surface area contributed by atoms with Crippen LogP contribution < -0.4 is 11.1 Å². The number of rotatable bonds is 5. The van der Waals surface area contributed by atoms with Gasteiger partial charge in [0.2, 0.25) is 0 Å². The Morgan fingerprint density at radius 3 is 2.38 bits per heavy atom. The summed E-state index contributed by atoms with van der Waals surface area (Å²) in [6.45, 7) is 8.50. The number of nitrogens with two attached hydrogens (primary N) is 1. The molecule has 4 heteroatoms. The van der Waals surface area contributed by atoms with Gasteiger partial charge in [0.25, 0.3) is 0 Å². The van der Waals surface area contributed by atoms with Crippen LogP contribution in [0.4, 0.5) is 5.69 Å². The number of benzene rings is 2. The number of allylic oxidation sites excluding steroid dienone is 1. The van der Waals surface area contributed by atoms with Crippen LogP contribution in [-0.4, -0.2) is 11.6 Å². The lowest BCUT2D eigenvalue weighted by Crippen LogP contribution is -2.08. The van der Waals surface area contributed by atoms with Crippen molar-refractivity contribution in [3.63, 3.8) is 0 Å². The van der Waals surface area contributed by atoms with E-state index in [0.717, 1.165) is 33.0 Å². The molecule has 26 heavy (non-hydrogen) atoms. The van der Waals surface area contributed by atoms with Crippen molar-refractivity contribution in [1.29, 1.82) is 0 Å². The molecule has 0 aliphatic rings. The van der Waals surface area contributed by atoms with Gasteiger partial charge >= 0.3 is 0 Å². The summed E-state index contributed by atoms with van der Waals surface area (Å²) >= 11 is 4.62. The van der Waals surface area contributed by atoms with Crippen molar-refractivity contribution in [1.82, 2.24) is 9.88 Å². The Morgan fingerprint density at radius 1 is 1.12 bits per heavy atom. The highest BCUT2D eigenvalue weighted by Gasteiger charge is 2.16. The third kappa shape index (κ3) is 3.25. The Kier molecular flexibility index (Phi) is 5.14. The normalized spacial score (nSPS) is 12.3. The molecule has 0 atom stereocenters. The van der Waals surface area contributed by atoms with E-state index in [-0.39, 0.29) is 0 Å². The molecule has 134 valence electrons. The van der Waals surface area contributed by atoms with E-state index in [4.69, 9.17) is 5.73 Å². The smallest absolute Gasteiger partial charge is 0.0502 e. The van der Waals surface area contributed by atoms with Crippen LogP contribution in [0.5, 0.6) is 0 Å². The quantitative estimate of drug-likeness (QED) is 0.248. The fourth-order valence-corrected chi connectivity index (χ4v) is 3.59. The van der Waals surface area contributed by atoms with Gasteiger partial charge in [0, 0.05) is 46.4 Å². The minimum atomic E-state index is 0.398. The summed E-state index contributed by atoms with van der Waals surface area (Å²) in [5.74, 6) is 0. The van der Waals surface area contributed by atoms with Crippen molar-refractivity contribution in [3.05, 3.63) is 77.3 Å². The summed E-state index contributed by atoms with van der Waals surface area (Å²) in [7, 11) is 1.92. The lowest BCUT2D eigenvalue weighted by atomic mass is 9.96. The standard InChI is InChI=1S/C22H25N3S/c1-14(2)25-13-12-18-19(6-5-7-20(18)25)21(15(3)26)22(24-4)16-8-10-17(23)11-9-16/h5-14,24,26H,3,23H2,1-2,4H3/b22-21+. The second-order valence-electron chi connectivity index (χ2n) is 6.62. The average Bonchev–Trinajstić information content (AvgIpc) is 3.05. The van der Waals surface area contributed by atoms with Crippen molar-refractivity contribution < 1.29 is 0 Å². The monoisotopic (exact) mass is 363 g/mol. The molecule has 0 bridgehead atoms. The number of nitrogens with one attached hydrogen (secondary N) is 1. The Labute approximate surface area is 160 Å². The first-order valence-corrected chi connectivity index (χ1v) is 9.15. The molecule has 0 saturated carbocycles. The van der Waals surface area contributed by atoms with E-state index in [9.17, 15) is 0 Å². The zero-order chi connectivity index (χ0) is 18.8. The van der Waals surface area contributed by atoms with Gasteiger partial charge in [-0.2, -0.15) is 0 Å². The molecule has 1 aromatic heterocycles. The number of nitrogen functional groups attached to an aromatic ring is 1. The summed E-state index contributed by atoms with van der Waals surface area (Å²) in [4.78, 5) is 0.718. The number of hydrogen-bond acceptors (Lipinski definition) is 3. The molecule has 0 radical (unpaired) electrons. The Bertz CT molecular complexity index is 978. The van der Waals surface area contributed by atoms with Crippen LogP contribution in [0.25, 0.3) is 22.2 Å². The van der Waals surface area contributed by atoms with Gasteiger partial charge in [-0.1, -0.05) is 30.8 Å². The number of nitrogens with zero attached hydrogens (tertiary/aromatic N) is 1. The summed E-state index contributed by atoms with van der Waals surface area (Å²) in [6, 6.07) is 16.8. The predicted molar refractivity (Wildman–Crippen MR) is 117 cm³/mol. The molecule has 2 aromatic carbocycles. The van der Waals surface area contributed by atoms with E-state index in [2.05, 4.69) is 73.4 Å². The van der Waals surface area contributed by atoms with E-state index in [1.165, 1.54) is 10.9 Å². The number of anilines is 1. The number of aromatic nitrogens is 1. The van der Waals surface area contributed by atoms with Crippen LogP contribution in [0.3, 0.4) is 0 Å². The van der Waals surface area contributed by atoms with Crippen molar-refractivity contribution >= 4 is 40.5 Å². The van der Waals surface area contributed by atoms with Crippen molar-refractivity contribution in [3.8, 4) is 0 Å². The van der Waals surface area contributed by atoms with Crippen LogP contribution >= 0.6 is 12.6 Å². The maximum absolute atomic E-state index is 5.85. The third-order valence-corrected chi connectivity index (χ3v) is 4.80. The summed E-state index contributed by atoms with van der Waals surface area (Å²) in [5.41, 5.74) is 11.9. The maximum Gasteiger partial charge on any atom is 0.0502 e. The van der Waals surface area contributed by atoms with Gasteiger partial charge in [0.05, 0.1) is 5.70 Å². The molecule has 3 rings (SSSR count). The highest BCUT2D eigenvalue weighted by atomic mass is 32.1. The molecule has 0 fully saturated rings. The van der Waals surface area contributed by atoms with E-state index < -0.39 is 0 Å². The number of hydrogen-bond donors (Lipinski definition) is 3. The maximum atomic E-state index is 5.85. The fraction of sp³-hybridized carbons (Fsp3) is 0.182. The van der Waals surface area contributed by atoms with Gasteiger partial charge in [-0.25, -0.2) is 0 Å². The van der Waals surface area contributed by atoms with Gasteiger partial charge in [0.1, 0.15) is 0 Å². The van der Waals surface area contributed by atoms with Crippen LogP contribution in [-0.2, 0) is 0 Å². The lowest BCUT2D eigenvalue weighted by molar-refractivity contribution is 0.623. The number of thiol groups is 1. The molecule has 0 aliphatic carbocycles. The zero-order valence-electron chi connectivity index (χ0n) is 15.5. The van der Waals surface area contributed by atoms with Gasteiger partial charge in [-0.3, -0.25) is 0 Å². The van der Waals surface area contributed by atoms with Gasteiger partial charge in [-0.05, 0) is 49.2 Å². The Balaban J connectivity index is 2.30. The first kappa shape index (κ1) is 18.2. The van der Waals surface area contributed by atoms with Crippen LogP contribution in [0, 0.1) is 0 Å². The van der Waals surface area contributed by atoms with Gasteiger partial charge in [0.15, 0.2) is 0 Å². The largest absolute Gasteiger partial charge is 0.399 e. The van der Waals surface area contributed by atoms with Gasteiger partial charge in [-0.15, -0.1) is 12.6 Å². The Morgan fingerprint density at radius 2 is 1.81 bits per heavy atom. The molecular weight excluding hydrogens is 338 g/mol. The fourth-order valence-electron chi connectivity index (χ4n) is 3.35. The third-order valence-electron chi connectivity index (χ3n) is 4.58. The van der Waals surface area contributed by atoms with E-state index in [1.807, 2.05) is 31.3 Å². The second-order valence-corrected chi connectivity index (χ2v) is 7.16.